The fourth-order valence-electron chi connectivity index (χ4n) is 3.78. The molecule has 8 nitrogen and oxygen atoms in total. The Hall–Kier alpha value is -0.810. The normalized spacial score (nSPS) is 29.9. The lowest BCUT2D eigenvalue weighted by Crippen LogP contribution is -2.62. The van der Waals surface area contributed by atoms with Gasteiger partial charge in [-0.25, -0.2) is 4.79 Å². The van der Waals surface area contributed by atoms with E-state index < -0.39 is 0 Å². The second-order valence-electron chi connectivity index (χ2n) is 6.82. The first-order valence-corrected chi connectivity index (χ1v) is 9.10. The highest BCUT2D eigenvalue weighted by atomic mass is 127. The Kier molecular flexibility index (Phi) is 8.01. The summed E-state index contributed by atoms with van der Waals surface area (Å²) in [6, 6.07) is 0.782. The van der Waals surface area contributed by atoms with E-state index in [1.54, 1.807) is 4.90 Å². The minimum Gasteiger partial charge on any atom is -0.450 e. The van der Waals surface area contributed by atoms with Crippen LogP contribution in [0, 0.1) is 0 Å². The summed E-state index contributed by atoms with van der Waals surface area (Å²) >= 11 is 0. The molecule has 1 unspecified atom stereocenters. The number of guanidine groups is 1. The van der Waals surface area contributed by atoms with E-state index in [0.29, 0.717) is 31.7 Å². The van der Waals surface area contributed by atoms with E-state index >= 15 is 0 Å². The van der Waals surface area contributed by atoms with Crippen molar-refractivity contribution in [3.8, 4) is 0 Å². The number of carbonyl (C=O) groups excluding carboxylic acids is 1. The molecular weight excluding hydrogens is 435 g/mol. The molecule has 0 aromatic rings. The third-order valence-electron chi connectivity index (χ3n) is 5.24. The predicted molar refractivity (Wildman–Crippen MR) is 108 cm³/mol. The summed E-state index contributed by atoms with van der Waals surface area (Å²) in [5.41, 5.74) is 6.06. The van der Waals surface area contributed by atoms with Crippen molar-refractivity contribution in [3.63, 3.8) is 0 Å². The monoisotopic (exact) mass is 466 g/mol. The maximum Gasteiger partial charge on any atom is 0.409 e. The van der Waals surface area contributed by atoms with Crippen LogP contribution in [0.4, 0.5) is 4.79 Å². The maximum absolute atomic E-state index is 11.7. The molecule has 1 atom stereocenters. The quantitative estimate of drug-likeness (QED) is 0.348. The Morgan fingerprint density at radius 1 is 1.20 bits per heavy atom. The highest BCUT2D eigenvalue weighted by Gasteiger charge is 2.31. The molecule has 9 heteroatoms. The van der Waals surface area contributed by atoms with Gasteiger partial charge in [-0.2, -0.15) is 0 Å². The van der Waals surface area contributed by atoms with E-state index in [1.165, 1.54) is 13.1 Å². The first kappa shape index (κ1) is 20.5. The van der Waals surface area contributed by atoms with E-state index in [0.717, 1.165) is 39.0 Å². The Labute approximate surface area is 167 Å². The molecule has 4 rings (SSSR count). The van der Waals surface area contributed by atoms with Gasteiger partial charge in [0.05, 0.1) is 13.2 Å². The van der Waals surface area contributed by atoms with Crippen molar-refractivity contribution in [2.75, 3.05) is 59.0 Å². The van der Waals surface area contributed by atoms with Crippen LogP contribution in [0.3, 0.4) is 0 Å². The molecule has 4 aliphatic heterocycles. The molecule has 4 heterocycles. The average molecular weight is 466 g/mol. The number of piperazine rings is 3. The van der Waals surface area contributed by atoms with E-state index in [1.807, 2.05) is 6.92 Å². The number of carbonyl (C=O) groups is 1. The van der Waals surface area contributed by atoms with Gasteiger partial charge in [-0.15, -0.1) is 24.0 Å². The third kappa shape index (κ3) is 5.58. The molecule has 144 valence electrons. The van der Waals surface area contributed by atoms with Gasteiger partial charge in [0, 0.05) is 57.9 Å². The number of aliphatic imine (C=N–C) groups is 1. The molecule has 4 aliphatic rings. The number of hydrogen-bond acceptors (Lipinski definition) is 5. The van der Waals surface area contributed by atoms with Gasteiger partial charge in [-0.3, -0.25) is 14.8 Å². The lowest BCUT2D eigenvalue weighted by molar-refractivity contribution is 0.0174. The SMILES string of the molecule is CCOC(=O)N1CCC(NC(N)=NCC2CN3CCN2CC3)CC1.I. The topological polar surface area (TPSA) is 86.4 Å². The molecule has 4 saturated heterocycles. The number of likely N-dealkylation sites (tertiary alicyclic amines) is 1. The number of ether oxygens (including phenoxy) is 1. The van der Waals surface area contributed by atoms with Gasteiger partial charge in [0.1, 0.15) is 0 Å². The van der Waals surface area contributed by atoms with Crippen LogP contribution in [0.25, 0.3) is 0 Å². The number of amides is 1. The number of nitrogens with one attached hydrogen (secondary N) is 1. The lowest BCUT2D eigenvalue weighted by atomic mass is 10.1. The summed E-state index contributed by atoms with van der Waals surface area (Å²) in [6.07, 6.45) is 1.53. The van der Waals surface area contributed by atoms with E-state index in [2.05, 4.69) is 20.1 Å². The molecule has 0 saturated carbocycles. The predicted octanol–water partition coefficient (Wildman–Crippen LogP) is 0.129. The largest absolute Gasteiger partial charge is 0.450 e. The number of piperidine rings is 1. The van der Waals surface area contributed by atoms with Crippen molar-refractivity contribution >= 4 is 36.0 Å². The summed E-state index contributed by atoms with van der Waals surface area (Å²) in [6.45, 7) is 10.2. The zero-order valence-electron chi connectivity index (χ0n) is 15.0. The van der Waals surface area contributed by atoms with Crippen LogP contribution < -0.4 is 11.1 Å². The van der Waals surface area contributed by atoms with Crippen LogP contribution >= 0.6 is 24.0 Å². The molecule has 2 bridgehead atoms. The Morgan fingerprint density at radius 3 is 2.44 bits per heavy atom. The van der Waals surface area contributed by atoms with E-state index in [4.69, 9.17) is 10.5 Å². The standard InChI is InChI=1S/C16H30N6O2.HI/c1-2-24-16(23)22-5-3-13(4-6-22)19-15(17)18-11-14-12-20-7-9-21(14)10-8-20;/h13-14H,2-12H2,1H3,(H3,17,18,19);1H. The van der Waals surface area contributed by atoms with Crippen LogP contribution in [0.2, 0.25) is 0 Å². The van der Waals surface area contributed by atoms with Crippen molar-refractivity contribution in [2.45, 2.75) is 31.8 Å². The summed E-state index contributed by atoms with van der Waals surface area (Å²) in [5, 5.41) is 3.31. The zero-order chi connectivity index (χ0) is 16.9. The maximum atomic E-state index is 11.7. The minimum atomic E-state index is -0.214. The summed E-state index contributed by atoms with van der Waals surface area (Å²) < 4.78 is 5.04. The molecule has 4 fully saturated rings. The van der Waals surface area contributed by atoms with Gasteiger partial charge in [0.15, 0.2) is 5.96 Å². The van der Waals surface area contributed by atoms with Crippen molar-refractivity contribution in [1.82, 2.24) is 20.0 Å². The fourth-order valence-corrected chi connectivity index (χ4v) is 3.78. The molecule has 0 radical (unpaired) electrons. The number of rotatable bonds is 4. The third-order valence-corrected chi connectivity index (χ3v) is 5.24. The average Bonchev–Trinajstić information content (AvgIpc) is 2.62. The molecule has 0 spiro atoms. The Balaban J connectivity index is 0.00000225. The zero-order valence-corrected chi connectivity index (χ0v) is 17.4. The number of halogens is 1. The molecule has 0 aromatic carbocycles. The van der Waals surface area contributed by atoms with Gasteiger partial charge in [0.2, 0.25) is 0 Å². The first-order chi connectivity index (χ1) is 11.7. The van der Waals surface area contributed by atoms with Gasteiger partial charge < -0.3 is 20.7 Å². The van der Waals surface area contributed by atoms with Crippen LogP contribution in [0.1, 0.15) is 19.8 Å². The van der Waals surface area contributed by atoms with Crippen LogP contribution in [0.15, 0.2) is 4.99 Å². The van der Waals surface area contributed by atoms with Crippen LogP contribution in [-0.4, -0.2) is 97.8 Å². The molecule has 0 aromatic heterocycles. The smallest absolute Gasteiger partial charge is 0.409 e. The van der Waals surface area contributed by atoms with Crippen molar-refractivity contribution < 1.29 is 9.53 Å². The Bertz CT molecular complexity index is 462. The van der Waals surface area contributed by atoms with Crippen molar-refractivity contribution in [1.29, 1.82) is 0 Å². The summed E-state index contributed by atoms with van der Waals surface area (Å²) in [5.74, 6) is 0.530. The van der Waals surface area contributed by atoms with Crippen LogP contribution in [0.5, 0.6) is 0 Å². The summed E-state index contributed by atoms with van der Waals surface area (Å²) in [4.78, 5) is 23.0. The lowest BCUT2D eigenvalue weighted by Gasteiger charge is -2.47. The number of hydrogen-bond donors (Lipinski definition) is 2. The van der Waals surface area contributed by atoms with Gasteiger partial charge >= 0.3 is 6.09 Å². The van der Waals surface area contributed by atoms with Gasteiger partial charge in [0.25, 0.3) is 0 Å². The first-order valence-electron chi connectivity index (χ1n) is 9.10. The van der Waals surface area contributed by atoms with Gasteiger partial charge in [-0.1, -0.05) is 0 Å². The highest BCUT2D eigenvalue weighted by molar-refractivity contribution is 14.0. The highest BCUT2D eigenvalue weighted by Crippen LogP contribution is 2.16. The molecule has 0 aliphatic carbocycles. The second kappa shape index (κ2) is 9.77. The molecular formula is C16H31IN6O2. The Morgan fingerprint density at radius 2 is 1.88 bits per heavy atom. The molecule has 25 heavy (non-hydrogen) atoms. The fraction of sp³-hybridized carbons (Fsp3) is 0.875. The number of fused-ring (bicyclic) bond motifs is 3. The number of nitrogens with zero attached hydrogens (tertiary/aromatic N) is 4. The van der Waals surface area contributed by atoms with Gasteiger partial charge in [-0.05, 0) is 19.8 Å². The van der Waals surface area contributed by atoms with E-state index in [9.17, 15) is 4.79 Å². The van der Waals surface area contributed by atoms with E-state index in [-0.39, 0.29) is 36.1 Å². The van der Waals surface area contributed by atoms with Crippen molar-refractivity contribution in [2.24, 2.45) is 10.7 Å². The number of nitrogens with two attached hydrogens (primary N) is 1. The van der Waals surface area contributed by atoms with Crippen LogP contribution in [-0.2, 0) is 4.74 Å². The summed E-state index contributed by atoms with van der Waals surface area (Å²) in [7, 11) is 0. The minimum absolute atomic E-state index is 0. The molecule has 1 amide bonds. The molecule has 3 N–H and O–H groups in total. The second-order valence-corrected chi connectivity index (χ2v) is 6.82. The van der Waals surface area contributed by atoms with Crippen molar-refractivity contribution in [3.05, 3.63) is 0 Å².